The molecular weight excluding hydrogens is 196 g/mol. The second-order valence-electron chi connectivity index (χ2n) is 5.75. The first-order valence-corrected chi connectivity index (χ1v) is 6.15. The summed E-state index contributed by atoms with van der Waals surface area (Å²) in [5.41, 5.74) is 2.60. The van der Waals surface area contributed by atoms with Gasteiger partial charge in [-0.2, -0.15) is 0 Å². The summed E-state index contributed by atoms with van der Waals surface area (Å²) in [6.45, 7) is 11.1. The predicted molar refractivity (Wildman–Crippen MR) is 69.9 cm³/mol. The Balaban J connectivity index is 3.06. The largest absolute Gasteiger partial charge is 0.508 e. The van der Waals surface area contributed by atoms with Crippen molar-refractivity contribution in [1.82, 2.24) is 0 Å². The smallest absolute Gasteiger partial charge is 0.118 e. The summed E-state index contributed by atoms with van der Waals surface area (Å²) in [6.07, 6.45) is 2.40. The third-order valence-electron chi connectivity index (χ3n) is 3.25. The van der Waals surface area contributed by atoms with Gasteiger partial charge in [-0.1, -0.05) is 46.2 Å². The predicted octanol–water partition coefficient (Wildman–Crippen LogP) is 4.63. The number of hydrogen-bond donors (Lipinski definition) is 1. The number of phenols is 1. The van der Waals surface area contributed by atoms with Gasteiger partial charge in [-0.15, -0.1) is 0 Å². The van der Waals surface area contributed by atoms with E-state index in [1.165, 1.54) is 18.4 Å². The maximum atomic E-state index is 9.56. The van der Waals surface area contributed by atoms with Gasteiger partial charge in [0.25, 0.3) is 0 Å². The van der Waals surface area contributed by atoms with Gasteiger partial charge in [0.1, 0.15) is 5.75 Å². The van der Waals surface area contributed by atoms with E-state index < -0.39 is 0 Å². The van der Waals surface area contributed by atoms with E-state index in [-0.39, 0.29) is 5.41 Å². The molecule has 0 fully saturated rings. The lowest BCUT2D eigenvalue weighted by Gasteiger charge is -2.31. The van der Waals surface area contributed by atoms with Gasteiger partial charge in [0.15, 0.2) is 0 Å². The van der Waals surface area contributed by atoms with Crippen molar-refractivity contribution in [2.75, 3.05) is 0 Å². The second-order valence-corrected chi connectivity index (χ2v) is 5.75. The van der Waals surface area contributed by atoms with Crippen molar-refractivity contribution in [1.29, 1.82) is 0 Å². The highest BCUT2D eigenvalue weighted by molar-refractivity contribution is 5.37. The van der Waals surface area contributed by atoms with Crippen LogP contribution in [-0.4, -0.2) is 5.11 Å². The maximum absolute atomic E-state index is 9.56. The third-order valence-corrected chi connectivity index (χ3v) is 3.25. The van der Waals surface area contributed by atoms with E-state index in [2.05, 4.69) is 39.8 Å². The molecule has 0 heterocycles. The normalized spacial score (nSPS) is 13.8. The minimum absolute atomic E-state index is 0.277. The molecule has 0 saturated heterocycles. The molecule has 1 heteroatoms. The summed E-state index contributed by atoms with van der Waals surface area (Å²) >= 11 is 0. The van der Waals surface area contributed by atoms with Gasteiger partial charge in [0.2, 0.25) is 0 Å². The summed E-state index contributed by atoms with van der Waals surface area (Å²) in [6, 6.07) is 6.01. The molecular formula is C15H24O. The number of phenolic OH excluding ortho intramolecular Hbond substituents is 1. The van der Waals surface area contributed by atoms with Crippen LogP contribution >= 0.6 is 0 Å². The van der Waals surface area contributed by atoms with Crippen LogP contribution in [0.1, 0.15) is 57.6 Å². The van der Waals surface area contributed by atoms with Crippen molar-refractivity contribution in [3.05, 3.63) is 29.3 Å². The molecule has 1 atom stereocenters. The molecule has 0 aliphatic heterocycles. The molecule has 0 aromatic heterocycles. The molecule has 16 heavy (non-hydrogen) atoms. The minimum Gasteiger partial charge on any atom is -0.508 e. The molecule has 1 N–H and O–H groups in total. The van der Waals surface area contributed by atoms with Crippen LogP contribution in [0.15, 0.2) is 18.2 Å². The summed E-state index contributed by atoms with van der Waals surface area (Å²) in [4.78, 5) is 0. The van der Waals surface area contributed by atoms with Gasteiger partial charge in [-0.25, -0.2) is 0 Å². The van der Waals surface area contributed by atoms with E-state index in [1.54, 1.807) is 0 Å². The maximum Gasteiger partial charge on any atom is 0.118 e. The highest BCUT2D eigenvalue weighted by Gasteiger charge is 2.25. The Morgan fingerprint density at radius 1 is 1.25 bits per heavy atom. The van der Waals surface area contributed by atoms with Crippen LogP contribution in [0.5, 0.6) is 5.75 Å². The fourth-order valence-corrected chi connectivity index (χ4v) is 2.28. The molecule has 1 rings (SSSR count). The van der Waals surface area contributed by atoms with Crippen LogP contribution in [0, 0.1) is 12.3 Å². The van der Waals surface area contributed by atoms with E-state index >= 15 is 0 Å². The number of benzene rings is 1. The van der Waals surface area contributed by atoms with Crippen molar-refractivity contribution < 1.29 is 5.11 Å². The van der Waals surface area contributed by atoms with Gasteiger partial charge in [0.05, 0.1) is 0 Å². The lowest BCUT2D eigenvalue weighted by Crippen LogP contribution is -2.18. The number of rotatable bonds is 3. The SMILES string of the molecule is CCCC(c1ccc(O)c(C)c1)C(C)(C)C. The van der Waals surface area contributed by atoms with E-state index in [0.717, 1.165) is 5.56 Å². The van der Waals surface area contributed by atoms with Crippen molar-refractivity contribution >= 4 is 0 Å². The highest BCUT2D eigenvalue weighted by Crippen LogP contribution is 2.39. The molecule has 0 radical (unpaired) electrons. The topological polar surface area (TPSA) is 20.2 Å². The van der Waals surface area contributed by atoms with Crippen LogP contribution in [0.4, 0.5) is 0 Å². The van der Waals surface area contributed by atoms with Crippen molar-refractivity contribution in [3.63, 3.8) is 0 Å². The van der Waals surface area contributed by atoms with Crippen LogP contribution in [0.3, 0.4) is 0 Å². The lowest BCUT2D eigenvalue weighted by atomic mass is 9.74. The average Bonchev–Trinajstić information content (AvgIpc) is 2.17. The summed E-state index contributed by atoms with van der Waals surface area (Å²) in [7, 11) is 0. The first kappa shape index (κ1) is 13.1. The zero-order valence-corrected chi connectivity index (χ0v) is 11.2. The molecule has 0 aliphatic rings. The lowest BCUT2D eigenvalue weighted by molar-refractivity contribution is 0.302. The monoisotopic (exact) mass is 220 g/mol. The van der Waals surface area contributed by atoms with E-state index in [0.29, 0.717) is 11.7 Å². The van der Waals surface area contributed by atoms with Crippen LogP contribution in [0.25, 0.3) is 0 Å². The molecule has 0 saturated carbocycles. The fourth-order valence-electron chi connectivity index (χ4n) is 2.28. The van der Waals surface area contributed by atoms with E-state index in [9.17, 15) is 5.11 Å². The molecule has 1 aromatic carbocycles. The first-order valence-electron chi connectivity index (χ1n) is 6.15. The Morgan fingerprint density at radius 2 is 1.88 bits per heavy atom. The van der Waals surface area contributed by atoms with Crippen molar-refractivity contribution in [2.45, 2.75) is 53.4 Å². The molecule has 1 unspecified atom stereocenters. The fraction of sp³-hybridized carbons (Fsp3) is 0.600. The molecule has 1 aromatic rings. The van der Waals surface area contributed by atoms with Crippen LogP contribution in [-0.2, 0) is 0 Å². The quantitative estimate of drug-likeness (QED) is 0.787. The van der Waals surface area contributed by atoms with Gasteiger partial charge in [-0.3, -0.25) is 0 Å². The number of aromatic hydroxyl groups is 1. The Kier molecular flexibility index (Phi) is 4.01. The highest BCUT2D eigenvalue weighted by atomic mass is 16.3. The number of hydrogen-bond acceptors (Lipinski definition) is 1. The van der Waals surface area contributed by atoms with Crippen molar-refractivity contribution in [2.24, 2.45) is 5.41 Å². The zero-order valence-electron chi connectivity index (χ0n) is 11.2. The zero-order chi connectivity index (χ0) is 12.3. The summed E-state index contributed by atoms with van der Waals surface area (Å²) in [5, 5.41) is 9.56. The number of aryl methyl sites for hydroxylation is 1. The Morgan fingerprint density at radius 3 is 2.31 bits per heavy atom. The Hall–Kier alpha value is -0.980. The van der Waals surface area contributed by atoms with Crippen LogP contribution in [0.2, 0.25) is 0 Å². The van der Waals surface area contributed by atoms with Gasteiger partial charge >= 0.3 is 0 Å². The molecule has 0 aliphatic carbocycles. The Labute approximate surface area is 99.5 Å². The second kappa shape index (κ2) is 4.90. The molecule has 0 spiro atoms. The molecule has 1 nitrogen and oxygen atoms in total. The molecule has 0 amide bonds. The standard InChI is InChI=1S/C15H24O/c1-6-7-13(15(3,4)5)12-8-9-14(16)11(2)10-12/h8-10,13,16H,6-7H2,1-5H3. The van der Waals surface area contributed by atoms with Gasteiger partial charge in [-0.05, 0) is 41.9 Å². The van der Waals surface area contributed by atoms with Gasteiger partial charge < -0.3 is 5.11 Å². The summed E-state index contributed by atoms with van der Waals surface area (Å²) in [5.74, 6) is 0.963. The van der Waals surface area contributed by atoms with Gasteiger partial charge in [0, 0.05) is 0 Å². The van der Waals surface area contributed by atoms with Crippen molar-refractivity contribution in [3.8, 4) is 5.75 Å². The van der Waals surface area contributed by atoms with E-state index in [4.69, 9.17) is 0 Å². The Bertz CT molecular complexity index is 347. The summed E-state index contributed by atoms with van der Waals surface area (Å²) < 4.78 is 0. The third kappa shape index (κ3) is 3.01. The van der Waals surface area contributed by atoms with E-state index in [1.807, 2.05) is 13.0 Å². The first-order chi connectivity index (χ1) is 7.36. The molecule has 90 valence electrons. The molecule has 0 bridgehead atoms. The minimum atomic E-state index is 0.277. The average molecular weight is 220 g/mol. The van der Waals surface area contributed by atoms with Crippen LogP contribution < -0.4 is 0 Å².